The molecule has 2 N–H and O–H groups in total. The van der Waals surface area contributed by atoms with Crippen LogP contribution in [0.4, 0.5) is 5.00 Å². The van der Waals surface area contributed by atoms with E-state index in [1.807, 2.05) is 12.1 Å². The van der Waals surface area contributed by atoms with E-state index in [2.05, 4.69) is 10.6 Å². The van der Waals surface area contributed by atoms with Crippen LogP contribution in [0.2, 0.25) is 0 Å². The lowest BCUT2D eigenvalue weighted by molar-refractivity contribution is -0.114. The summed E-state index contributed by atoms with van der Waals surface area (Å²) in [6.07, 6.45) is 1.65. The topological polar surface area (TPSA) is 71.3 Å². The molecular formula is C14H16N2O3S2. The van der Waals surface area contributed by atoms with Crippen LogP contribution in [0.1, 0.15) is 22.4 Å². The van der Waals surface area contributed by atoms with Crippen LogP contribution in [0.15, 0.2) is 34.9 Å². The predicted molar refractivity (Wildman–Crippen MR) is 85.8 cm³/mol. The highest BCUT2D eigenvalue weighted by Gasteiger charge is 2.09. The molecule has 0 saturated heterocycles. The Morgan fingerprint density at radius 2 is 2.19 bits per heavy atom. The molecule has 2 aromatic heterocycles. The molecule has 112 valence electrons. The Morgan fingerprint density at radius 3 is 2.90 bits per heavy atom. The van der Waals surface area contributed by atoms with Crippen molar-refractivity contribution in [3.8, 4) is 0 Å². The minimum Gasteiger partial charge on any atom is -0.468 e. The number of carbonyl (C=O) groups is 2. The molecule has 0 aliphatic carbocycles. The zero-order valence-corrected chi connectivity index (χ0v) is 13.2. The van der Waals surface area contributed by atoms with Crippen LogP contribution in [-0.2, 0) is 10.5 Å². The van der Waals surface area contributed by atoms with Crippen molar-refractivity contribution >= 4 is 39.9 Å². The number of hydrogen-bond acceptors (Lipinski definition) is 5. The molecule has 0 unspecified atom stereocenters. The maximum absolute atomic E-state index is 11.9. The SMILES string of the molecule is CC(=O)Nc1ccc(C(=O)NCCSCc2ccco2)s1. The molecule has 0 radical (unpaired) electrons. The molecule has 2 aromatic rings. The van der Waals surface area contributed by atoms with E-state index in [9.17, 15) is 9.59 Å². The van der Waals surface area contributed by atoms with Gasteiger partial charge < -0.3 is 15.1 Å². The zero-order chi connectivity index (χ0) is 15.1. The van der Waals surface area contributed by atoms with E-state index >= 15 is 0 Å². The molecule has 0 aliphatic rings. The molecule has 2 rings (SSSR count). The number of rotatable bonds is 7. The summed E-state index contributed by atoms with van der Waals surface area (Å²) in [7, 11) is 0. The van der Waals surface area contributed by atoms with E-state index in [4.69, 9.17) is 4.42 Å². The molecule has 0 aromatic carbocycles. The summed E-state index contributed by atoms with van der Waals surface area (Å²) in [5.74, 6) is 2.29. The lowest BCUT2D eigenvalue weighted by atomic mass is 10.4. The number of anilines is 1. The molecular weight excluding hydrogens is 308 g/mol. The van der Waals surface area contributed by atoms with Gasteiger partial charge in [0.2, 0.25) is 5.91 Å². The Labute approximate surface area is 131 Å². The Balaban J connectivity index is 1.67. The fraction of sp³-hybridized carbons (Fsp3) is 0.286. The van der Waals surface area contributed by atoms with Crippen molar-refractivity contribution in [3.05, 3.63) is 41.2 Å². The van der Waals surface area contributed by atoms with Crippen LogP contribution in [0.5, 0.6) is 0 Å². The average Bonchev–Trinajstić information content (AvgIpc) is 3.08. The highest BCUT2D eigenvalue weighted by atomic mass is 32.2. The van der Waals surface area contributed by atoms with Gasteiger partial charge in [0.1, 0.15) is 5.76 Å². The average molecular weight is 324 g/mol. The van der Waals surface area contributed by atoms with Crippen molar-refractivity contribution < 1.29 is 14.0 Å². The molecule has 0 bridgehead atoms. The third-order valence-corrected chi connectivity index (χ3v) is 4.47. The first-order chi connectivity index (χ1) is 10.1. The van der Waals surface area contributed by atoms with Crippen molar-refractivity contribution in [1.82, 2.24) is 5.32 Å². The Bertz CT molecular complexity index is 593. The van der Waals surface area contributed by atoms with Gasteiger partial charge in [-0.3, -0.25) is 9.59 Å². The van der Waals surface area contributed by atoms with Gasteiger partial charge >= 0.3 is 0 Å². The Kier molecular flexibility index (Phi) is 5.89. The molecule has 2 heterocycles. The van der Waals surface area contributed by atoms with Gasteiger partial charge in [-0.2, -0.15) is 11.8 Å². The monoisotopic (exact) mass is 324 g/mol. The maximum atomic E-state index is 11.9. The van der Waals surface area contributed by atoms with Gasteiger partial charge in [-0.1, -0.05) is 0 Å². The molecule has 5 nitrogen and oxygen atoms in total. The third kappa shape index (κ3) is 5.28. The van der Waals surface area contributed by atoms with E-state index in [0.29, 0.717) is 16.4 Å². The van der Waals surface area contributed by atoms with E-state index in [1.54, 1.807) is 30.2 Å². The Hall–Kier alpha value is -1.73. The first kappa shape index (κ1) is 15.7. The summed E-state index contributed by atoms with van der Waals surface area (Å²) in [6, 6.07) is 7.23. The largest absolute Gasteiger partial charge is 0.468 e. The lowest BCUT2D eigenvalue weighted by Crippen LogP contribution is -2.24. The first-order valence-corrected chi connectivity index (χ1v) is 8.38. The van der Waals surface area contributed by atoms with Gasteiger partial charge in [0.05, 0.1) is 21.9 Å². The molecule has 2 amide bonds. The van der Waals surface area contributed by atoms with Crippen LogP contribution in [0.3, 0.4) is 0 Å². The Morgan fingerprint density at radius 1 is 1.33 bits per heavy atom. The normalized spacial score (nSPS) is 10.3. The van der Waals surface area contributed by atoms with Crippen LogP contribution < -0.4 is 10.6 Å². The first-order valence-electron chi connectivity index (χ1n) is 6.41. The highest BCUT2D eigenvalue weighted by molar-refractivity contribution is 7.98. The summed E-state index contributed by atoms with van der Waals surface area (Å²) >= 11 is 2.97. The number of hydrogen-bond donors (Lipinski definition) is 2. The second-order valence-electron chi connectivity index (χ2n) is 4.23. The van der Waals surface area contributed by atoms with Crippen LogP contribution in [0.25, 0.3) is 0 Å². The molecule has 0 fully saturated rings. The number of amides is 2. The summed E-state index contributed by atoms with van der Waals surface area (Å²) < 4.78 is 5.22. The van der Waals surface area contributed by atoms with Gasteiger partial charge in [-0.15, -0.1) is 11.3 Å². The zero-order valence-electron chi connectivity index (χ0n) is 11.5. The van der Waals surface area contributed by atoms with E-state index < -0.39 is 0 Å². The molecule has 0 atom stereocenters. The minimum atomic E-state index is -0.141. The number of carbonyl (C=O) groups excluding carboxylic acids is 2. The fourth-order valence-electron chi connectivity index (χ4n) is 1.59. The second kappa shape index (κ2) is 7.90. The van der Waals surface area contributed by atoms with Gasteiger partial charge in [-0.05, 0) is 24.3 Å². The molecule has 0 saturated carbocycles. The number of furan rings is 1. The smallest absolute Gasteiger partial charge is 0.261 e. The van der Waals surface area contributed by atoms with Crippen molar-refractivity contribution in [2.24, 2.45) is 0 Å². The second-order valence-corrected chi connectivity index (χ2v) is 6.42. The van der Waals surface area contributed by atoms with Gasteiger partial charge in [-0.25, -0.2) is 0 Å². The van der Waals surface area contributed by atoms with E-state index in [0.717, 1.165) is 17.3 Å². The maximum Gasteiger partial charge on any atom is 0.261 e. The van der Waals surface area contributed by atoms with Gasteiger partial charge in [0, 0.05) is 19.2 Å². The van der Waals surface area contributed by atoms with Gasteiger partial charge in [0.25, 0.3) is 5.91 Å². The van der Waals surface area contributed by atoms with E-state index in [-0.39, 0.29) is 11.8 Å². The van der Waals surface area contributed by atoms with Crippen molar-refractivity contribution in [2.45, 2.75) is 12.7 Å². The van der Waals surface area contributed by atoms with Crippen LogP contribution >= 0.6 is 23.1 Å². The van der Waals surface area contributed by atoms with Crippen molar-refractivity contribution in [1.29, 1.82) is 0 Å². The molecule has 0 spiro atoms. The number of thioether (sulfide) groups is 1. The van der Waals surface area contributed by atoms with Crippen LogP contribution in [0, 0.1) is 0 Å². The molecule has 21 heavy (non-hydrogen) atoms. The molecule has 0 aliphatic heterocycles. The summed E-state index contributed by atoms with van der Waals surface area (Å²) in [6.45, 7) is 2.04. The summed E-state index contributed by atoms with van der Waals surface area (Å²) in [4.78, 5) is 23.4. The number of thiophene rings is 1. The third-order valence-electron chi connectivity index (χ3n) is 2.49. The predicted octanol–water partition coefficient (Wildman–Crippen LogP) is 2.96. The van der Waals surface area contributed by atoms with E-state index in [1.165, 1.54) is 18.3 Å². The summed E-state index contributed by atoms with van der Waals surface area (Å²) in [5, 5.41) is 6.19. The number of nitrogens with one attached hydrogen (secondary N) is 2. The van der Waals surface area contributed by atoms with Crippen molar-refractivity contribution in [2.75, 3.05) is 17.6 Å². The van der Waals surface area contributed by atoms with Crippen LogP contribution in [-0.4, -0.2) is 24.1 Å². The highest BCUT2D eigenvalue weighted by Crippen LogP contribution is 2.21. The minimum absolute atomic E-state index is 0.116. The lowest BCUT2D eigenvalue weighted by Gasteiger charge is -2.03. The summed E-state index contributed by atoms with van der Waals surface area (Å²) in [5.41, 5.74) is 0. The molecule has 7 heteroatoms. The van der Waals surface area contributed by atoms with Crippen molar-refractivity contribution in [3.63, 3.8) is 0 Å². The standard InChI is InChI=1S/C14H16N2O3S2/c1-10(17)16-13-5-4-12(21-13)14(18)15-6-8-20-9-11-3-2-7-19-11/h2-5,7H,6,8-9H2,1H3,(H,15,18)(H,16,17). The fourth-order valence-corrected chi connectivity index (χ4v) is 3.22. The van der Waals surface area contributed by atoms with Gasteiger partial charge in [0.15, 0.2) is 0 Å². The quantitative estimate of drug-likeness (QED) is 0.768.